The molecule has 2 aliphatic heterocycles. The third kappa shape index (κ3) is 4.97. The molecule has 0 spiro atoms. The summed E-state index contributed by atoms with van der Waals surface area (Å²) < 4.78 is 0. The quantitative estimate of drug-likeness (QED) is 0.306. The lowest BCUT2D eigenvalue weighted by molar-refractivity contribution is -0.136. The zero-order valence-corrected chi connectivity index (χ0v) is 19.0. The molecule has 0 aliphatic carbocycles. The number of hydrogen-bond donors (Lipinski definition) is 3. The molecule has 1 unspecified atom stereocenters. The van der Waals surface area contributed by atoms with E-state index in [2.05, 4.69) is 16.0 Å². The maximum absolute atomic E-state index is 12.9. The molecular formula is C25H21N5O6. The number of carbonyl (C=O) groups excluding carboxylic acids is 6. The van der Waals surface area contributed by atoms with E-state index in [9.17, 15) is 28.8 Å². The fourth-order valence-electron chi connectivity index (χ4n) is 4.10. The first-order valence-electron chi connectivity index (χ1n) is 11.2. The summed E-state index contributed by atoms with van der Waals surface area (Å²) in [6, 6.07) is 11.9. The van der Waals surface area contributed by atoms with Crippen LogP contribution in [0.3, 0.4) is 0 Å². The van der Waals surface area contributed by atoms with Crippen LogP contribution in [0.15, 0.2) is 42.5 Å². The topological polar surface area (TPSA) is 166 Å². The highest BCUT2D eigenvalue weighted by atomic mass is 16.2. The van der Waals surface area contributed by atoms with Crippen LogP contribution in [-0.2, 0) is 25.6 Å². The first-order chi connectivity index (χ1) is 17.3. The molecule has 1 saturated heterocycles. The van der Waals surface area contributed by atoms with Crippen molar-refractivity contribution >= 4 is 41.1 Å². The molecule has 2 heterocycles. The van der Waals surface area contributed by atoms with Crippen molar-refractivity contribution in [3.8, 4) is 6.07 Å². The molecule has 3 N–H and O–H groups in total. The smallest absolute Gasteiger partial charge is 0.313 e. The first-order valence-corrected chi connectivity index (χ1v) is 11.2. The second-order valence-corrected chi connectivity index (χ2v) is 8.33. The number of carbonyl (C=O) groups is 6. The summed E-state index contributed by atoms with van der Waals surface area (Å²) >= 11 is 0. The number of benzene rings is 2. The third-order valence-corrected chi connectivity index (χ3v) is 5.89. The summed E-state index contributed by atoms with van der Waals surface area (Å²) in [7, 11) is 0. The summed E-state index contributed by atoms with van der Waals surface area (Å²) in [4.78, 5) is 74.2. The lowest BCUT2D eigenvalue weighted by Gasteiger charge is -2.27. The van der Waals surface area contributed by atoms with Crippen molar-refractivity contribution in [2.24, 2.45) is 0 Å². The van der Waals surface area contributed by atoms with E-state index in [1.807, 2.05) is 6.07 Å². The number of fused-ring (bicyclic) bond motifs is 1. The number of anilines is 1. The van der Waals surface area contributed by atoms with Crippen molar-refractivity contribution in [2.75, 3.05) is 11.9 Å². The van der Waals surface area contributed by atoms with Crippen molar-refractivity contribution in [3.05, 3.63) is 64.7 Å². The summed E-state index contributed by atoms with van der Waals surface area (Å²) in [5, 5.41) is 16.0. The van der Waals surface area contributed by atoms with Crippen molar-refractivity contribution in [1.29, 1.82) is 5.26 Å². The van der Waals surface area contributed by atoms with Crippen molar-refractivity contribution in [2.45, 2.75) is 31.7 Å². The van der Waals surface area contributed by atoms with Crippen LogP contribution < -0.4 is 16.0 Å². The number of aryl methyl sites for hydroxylation is 1. The number of hydrogen-bond acceptors (Lipinski definition) is 7. The van der Waals surface area contributed by atoms with E-state index >= 15 is 0 Å². The van der Waals surface area contributed by atoms with Gasteiger partial charge >= 0.3 is 11.8 Å². The average molecular weight is 487 g/mol. The highest BCUT2D eigenvalue weighted by molar-refractivity contribution is 6.39. The molecule has 4 rings (SSSR count). The zero-order valence-electron chi connectivity index (χ0n) is 19.0. The monoisotopic (exact) mass is 487 g/mol. The number of nitrogens with one attached hydrogen (secondary N) is 3. The van der Waals surface area contributed by atoms with Gasteiger partial charge in [-0.1, -0.05) is 12.1 Å². The molecule has 1 atom stereocenters. The normalized spacial score (nSPS) is 16.8. The average Bonchev–Trinajstić information content (AvgIpc) is 3.11. The Balaban J connectivity index is 1.30. The number of piperidine rings is 1. The second-order valence-electron chi connectivity index (χ2n) is 8.33. The molecule has 0 bridgehead atoms. The minimum absolute atomic E-state index is 0.0467. The maximum Gasteiger partial charge on any atom is 0.313 e. The predicted octanol–water partition coefficient (Wildman–Crippen LogP) is 0.647. The summed E-state index contributed by atoms with van der Waals surface area (Å²) in [5.41, 5.74) is 1.80. The highest BCUT2D eigenvalue weighted by Crippen LogP contribution is 2.28. The Kier molecular flexibility index (Phi) is 6.87. The first kappa shape index (κ1) is 24.3. The minimum atomic E-state index is -1.03. The van der Waals surface area contributed by atoms with Gasteiger partial charge < -0.3 is 10.6 Å². The lowest BCUT2D eigenvalue weighted by atomic mass is 10.0. The van der Waals surface area contributed by atoms with Crippen LogP contribution in [-0.4, -0.2) is 52.9 Å². The molecule has 2 aliphatic rings. The molecule has 182 valence electrons. The Hall–Kier alpha value is -4.85. The molecule has 11 nitrogen and oxygen atoms in total. The molecule has 2 aromatic carbocycles. The number of nitriles is 1. The molecule has 0 aromatic heterocycles. The van der Waals surface area contributed by atoms with Crippen LogP contribution in [0.2, 0.25) is 0 Å². The number of rotatable bonds is 6. The van der Waals surface area contributed by atoms with E-state index < -0.39 is 41.5 Å². The van der Waals surface area contributed by atoms with Crippen LogP contribution in [0.1, 0.15) is 51.1 Å². The van der Waals surface area contributed by atoms with Crippen molar-refractivity contribution in [1.82, 2.24) is 15.5 Å². The van der Waals surface area contributed by atoms with Gasteiger partial charge in [-0.25, -0.2) is 0 Å². The number of imide groups is 2. The zero-order chi connectivity index (χ0) is 25.8. The Morgan fingerprint density at radius 3 is 2.56 bits per heavy atom. The fraction of sp³-hybridized carbons (Fsp3) is 0.240. The molecule has 0 radical (unpaired) electrons. The number of amides is 6. The van der Waals surface area contributed by atoms with Gasteiger partial charge in [0.2, 0.25) is 11.8 Å². The molecule has 0 saturated carbocycles. The second kappa shape index (κ2) is 10.2. The van der Waals surface area contributed by atoms with Gasteiger partial charge in [0.25, 0.3) is 11.8 Å². The predicted molar refractivity (Wildman–Crippen MR) is 124 cm³/mol. The molecule has 36 heavy (non-hydrogen) atoms. The van der Waals surface area contributed by atoms with Gasteiger partial charge in [-0.3, -0.25) is 39.0 Å². The number of nitrogens with zero attached hydrogens (tertiary/aromatic N) is 2. The highest BCUT2D eigenvalue weighted by Gasteiger charge is 2.44. The van der Waals surface area contributed by atoms with E-state index in [0.29, 0.717) is 24.1 Å². The molecular weight excluding hydrogens is 466 g/mol. The van der Waals surface area contributed by atoms with Gasteiger partial charge in [-0.05, 0) is 55.2 Å². The van der Waals surface area contributed by atoms with E-state index in [0.717, 1.165) is 10.5 Å². The minimum Gasteiger partial charge on any atom is -0.348 e. The van der Waals surface area contributed by atoms with E-state index in [4.69, 9.17) is 5.26 Å². The van der Waals surface area contributed by atoms with Crippen LogP contribution in [0.4, 0.5) is 5.69 Å². The van der Waals surface area contributed by atoms with E-state index in [-0.39, 0.29) is 30.5 Å². The van der Waals surface area contributed by atoms with Gasteiger partial charge in [0.05, 0.1) is 22.8 Å². The molecule has 11 heteroatoms. The van der Waals surface area contributed by atoms with Gasteiger partial charge in [0, 0.05) is 18.7 Å². The Morgan fingerprint density at radius 1 is 1.03 bits per heavy atom. The van der Waals surface area contributed by atoms with Crippen LogP contribution in [0, 0.1) is 11.3 Å². The van der Waals surface area contributed by atoms with Crippen LogP contribution >= 0.6 is 0 Å². The Labute approximate surface area is 205 Å². The maximum atomic E-state index is 12.9. The van der Waals surface area contributed by atoms with Gasteiger partial charge in [-0.15, -0.1) is 0 Å². The molecule has 2 aromatic rings. The van der Waals surface area contributed by atoms with Crippen LogP contribution in [0.5, 0.6) is 0 Å². The summed E-state index contributed by atoms with van der Waals surface area (Å²) in [5.74, 6) is -3.95. The van der Waals surface area contributed by atoms with Crippen LogP contribution in [0.25, 0.3) is 0 Å². The largest absolute Gasteiger partial charge is 0.348 e. The summed E-state index contributed by atoms with van der Waals surface area (Å²) in [6.45, 7) is 0.191. The van der Waals surface area contributed by atoms with Crippen molar-refractivity contribution < 1.29 is 28.8 Å². The fourth-order valence-corrected chi connectivity index (χ4v) is 4.10. The molecule has 6 amide bonds. The Morgan fingerprint density at radius 2 is 1.81 bits per heavy atom. The standard InChI is InChI=1S/C25H21N5O6/c26-13-15-3-1-5-16(11-15)28-23(34)22(33)27-10-2-4-14-6-7-17-18(12-14)25(36)30(24(17)35)19-8-9-20(31)29-21(19)32/h1,3,5-7,11-12,19H,2,4,8-10H2,(H,27,33)(H,28,34)(H,29,31,32). The van der Waals surface area contributed by atoms with Gasteiger partial charge in [-0.2, -0.15) is 5.26 Å². The third-order valence-electron chi connectivity index (χ3n) is 5.89. The van der Waals surface area contributed by atoms with E-state index in [1.54, 1.807) is 30.3 Å². The lowest BCUT2D eigenvalue weighted by Crippen LogP contribution is -2.54. The van der Waals surface area contributed by atoms with E-state index in [1.165, 1.54) is 12.1 Å². The SMILES string of the molecule is N#Cc1cccc(NC(=O)C(=O)NCCCc2ccc3c(c2)C(=O)N(C2CCC(=O)NC2=O)C3=O)c1. The van der Waals surface area contributed by atoms with Crippen molar-refractivity contribution in [3.63, 3.8) is 0 Å². The van der Waals surface area contributed by atoms with Gasteiger partial charge in [0.1, 0.15) is 6.04 Å². The Bertz CT molecular complexity index is 1340. The van der Waals surface area contributed by atoms with Gasteiger partial charge in [0.15, 0.2) is 0 Å². The molecule has 1 fully saturated rings. The summed E-state index contributed by atoms with van der Waals surface area (Å²) in [6.07, 6.45) is 1.05.